The normalized spacial score (nSPS) is 14.1. The number of nitrogens with zero attached hydrogens (tertiary/aromatic N) is 3. The minimum Gasteiger partial charge on any atom is -0.508 e. The molecule has 0 aliphatic heterocycles. The molecule has 114 valence electrons. The van der Waals surface area contributed by atoms with Gasteiger partial charge in [0.2, 0.25) is 0 Å². The van der Waals surface area contributed by atoms with E-state index in [1.54, 1.807) is 6.07 Å². The second-order valence-electron chi connectivity index (χ2n) is 5.90. The fourth-order valence-electron chi connectivity index (χ4n) is 2.74. The highest BCUT2D eigenvalue weighted by molar-refractivity contribution is 5.72. The number of benzene rings is 2. The van der Waals surface area contributed by atoms with E-state index in [1.165, 1.54) is 0 Å². The van der Waals surface area contributed by atoms with Gasteiger partial charge in [-0.2, -0.15) is 15.0 Å². The van der Waals surface area contributed by atoms with E-state index in [9.17, 15) is 5.11 Å². The van der Waals surface area contributed by atoms with Crippen LogP contribution in [0.25, 0.3) is 11.0 Å². The molecule has 2 aromatic carbocycles. The smallest absolute Gasteiger partial charge is 0.119 e. The first-order chi connectivity index (χ1) is 10.6. The van der Waals surface area contributed by atoms with Gasteiger partial charge >= 0.3 is 0 Å². The van der Waals surface area contributed by atoms with E-state index in [-0.39, 0.29) is 6.04 Å². The van der Waals surface area contributed by atoms with Crippen LogP contribution in [0.5, 0.6) is 5.75 Å². The van der Waals surface area contributed by atoms with Crippen molar-refractivity contribution in [2.45, 2.75) is 38.6 Å². The van der Waals surface area contributed by atoms with Crippen LogP contribution < -0.4 is 0 Å². The van der Waals surface area contributed by atoms with E-state index in [0.717, 1.165) is 29.4 Å². The molecule has 4 nitrogen and oxygen atoms in total. The second kappa shape index (κ2) is 6.18. The van der Waals surface area contributed by atoms with Gasteiger partial charge in [0, 0.05) is 0 Å². The van der Waals surface area contributed by atoms with Crippen molar-refractivity contribution in [2.24, 2.45) is 0 Å². The van der Waals surface area contributed by atoms with Crippen molar-refractivity contribution in [2.75, 3.05) is 0 Å². The minimum absolute atomic E-state index is 0.237. The molecule has 2 unspecified atom stereocenters. The van der Waals surface area contributed by atoms with Crippen LogP contribution in [-0.4, -0.2) is 20.1 Å². The number of phenolic OH excluding ortho intramolecular Hbond substituents is 1. The average Bonchev–Trinajstić information content (AvgIpc) is 2.97. The molecule has 0 bridgehead atoms. The first-order valence-electron chi connectivity index (χ1n) is 7.74. The van der Waals surface area contributed by atoms with Crippen molar-refractivity contribution in [3.63, 3.8) is 0 Å². The number of phenols is 1. The minimum atomic E-state index is 0.237. The predicted octanol–water partition coefficient (Wildman–Crippen LogP) is 4.28. The molecule has 3 aromatic rings. The lowest BCUT2D eigenvalue weighted by atomic mass is 9.94. The quantitative estimate of drug-likeness (QED) is 0.764. The Labute approximate surface area is 130 Å². The number of hydrogen-bond donors (Lipinski definition) is 1. The van der Waals surface area contributed by atoms with Crippen molar-refractivity contribution in [3.05, 3.63) is 54.1 Å². The summed E-state index contributed by atoms with van der Waals surface area (Å²) in [4.78, 5) is 1.81. The summed E-state index contributed by atoms with van der Waals surface area (Å²) in [5.41, 5.74) is 2.87. The van der Waals surface area contributed by atoms with Gasteiger partial charge in [-0.25, -0.2) is 0 Å². The molecule has 0 aliphatic rings. The maximum absolute atomic E-state index is 9.93. The molecule has 0 aliphatic carbocycles. The number of hydrogen-bond acceptors (Lipinski definition) is 3. The molecule has 1 heterocycles. The van der Waals surface area contributed by atoms with Crippen LogP contribution in [0.1, 0.15) is 44.2 Å². The van der Waals surface area contributed by atoms with Crippen molar-refractivity contribution in [1.82, 2.24) is 15.0 Å². The van der Waals surface area contributed by atoms with Gasteiger partial charge in [0.05, 0.1) is 6.04 Å². The van der Waals surface area contributed by atoms with Gasteiger partial charge in [-0.3, -0.25) is 0 Å². The number of aromatic hydroxyl groups is 1. The number of rotatable bonds is 5. The molecular weight excluding hydrogens is 274 g/mol. The van der Waals surface area contributed by atoms with Gasteiger partial charge in [-0.15, -0.1) is 0 Å². The van der Waals surface area contributed by atoms with Crippen LogP contribution in [0.15, 0.2) is 48.5 Å². The predicted molar refractivity (Wildman–Crippen MR) is 88.0 cm³/mol. The third-order valence-corrected chi connectivity index (χ3v) is 4.18. The van der Waals surface area contributed by atoms with Crippen molar-refractivity contribution < 1.29 is 5.11 Å². The van der Waals surface area contributed by atoms with Crippen LogP contribution in [-0.2, 0) is 0 Å². The molecule has 2 atom stereocenters. The fraction of sp³-hybridized carbons (Fsp3) is 0.333. The monoisotopic (exact) mass is 295 g/mol. The molecule has 0 saturated carbocycles. The summed E-state index contributed by atoms with van der Waals surface area (Å²) in [5.74, 6) is 0.694. The first-order valence-corrected chi connectivity index (χ1v) is 7.74. The molecule has 22 heavy (non-hydrogen) atoms. The fourth-order valence-corrected chi connectivity index (χ4v) is 2.74. The van der Waals surface area contributed by atoms with E-state index < -0.39 is 0 Å². The molecule has 0 radical (unpaired) electrons. The highest BCUT2D eigenvalue weighted by Gasteiger charge is 2.14. The molecule has 0 fully saturated rings. The summed E-state index contributed by atoms with van der Waals surface area (Å²) in [6.45, 7) is 4.28. The van der Waals surface area contributed by atoms with Crippen LogP contribution in [0, 0.1) is 0 Å². The van der Waals surface area contributed by atoms with E-state index in [0.29, 0.717) is 11.7 Å². The van der Waals surface area contributed by atoms with E-state index >= 15 is 0 Å². The third-order valence-electron chi connectivity index (χ3n) is 4.18. The van der Waals surface area contributed by atoms with Crippen LogP contribution >= 0.6 is 0 Å². The van der Waals surface area contributed by atoms with Crippen LogP contribution in [0.4, 0.5) is 0 Å². The summed E-state index contributed by atoms with van der Waals surface area (Å²) in [5, 5.41) is 19.0. The highest BCUT2D eigenvalue weighted by atomic mass is 16.3. The van der Waals surface area contributed by atoms with Gasteiger partial charge in [0.1, 0.15) is 16.8 Å². The first kappa shape index (κ1) is 14.6. The SMILES string of the molecule is CC(CCC(C)n1nc2ccccc2n1)c1ccccc1O. The van der Waals surface area contributed by atoms with Gasteiger partial charge in [0.15, 0.2) is 0 Å². The Bertz CT molecular complexity index is 733. The lowest BCUT2D eigenvalue weighted by molar-refractivity contribution is 0.389. The second-order valence-corrected chi connectivity index (χ2v) is 5.90. The summed E-state index contributed by atoms with van der Waals surface area (Å²) >= 11 is 0. The van der Waals surface area contributed by atoms with E-state index in [4.69, 9.17) is 0 Å². The summed E-state index contributed by atoms with van der Waals surface area (Å²) in [6, 6.07) is 15.7. The molecule has 0 amide bonds. The third kappa shape index (κ3) is 2.96. The Hall–Kier alpha value is -2.36. The number of aromatic nitrogens is 3. The Morgan fingerprint density at radius 1 is 0.909 bits per heavy atom. The zero-order valence-electron chi connectivity index (χ0n) is 13.0. The molecule has 0 saturated heterocycles. The average molecular weight is 295 g/mol. The highest BCUT2D eigenvalue weighted by Crippen LogP contribution is 2.30. The Kier molecular flexibility index (Phi) is 4.09. The topological polar surface area (TPSA) is 50.9 Å². The van der Waals surface area contributed by atoms with Crippen LogP contribution in [0.3, 0.4) is 0 Å². The standard InChI is InChI=1S/C18H21N3O/c1-13(15-7-3-6-10-18(15)22)11-12-14(2)21-19-16-8-4-5-9-17(16)20-21/h3-10,13-14,22H,11-12H2,1-2H3. The largest absolute Gasteiger partial charge is 0.508 e. The lowest BCUT2D eigenvalue weighted by Crippen LogP contribution is -2.10. The van der Waals surface area contributed by atoms with Crippen LogP contribution in [0.2, 0.25) is 0 Å². The molecule has 0 spiro atoms. The van der Waals surface area contributed by atoms with Crippen molar-refractivity contribution in [1.29, 1.82) is 0 Å². The summed E-state index contributed by atoms with van der Waals surface area (Å²) in [6.07, 6.45) is 1.95. The number of para-hydroxylation sites is 1. The maximum Gasteiger partial charge on any atom is 0.119 e. The summed E-state index contributed by atoms with van der Waals surface area (Å²) < 4.78 is 0. The zero-order chi connectivity index (χ0) is 15.5. The van der Waals surface area contributed by atoms with Gasteiger partial charge < -0.3 is 5.11 Å². The number of fused-ring (bicyclic) bond motifs is 1. The molecular formula is C18H21N3O. The lowest BCUT2D eigenvalue weighted by Gasteiger charge is -2.16. The van der Waals surface area contributed by atoms with E-state index in [1.807, 2.05) is 47.3 Å². The van der Waals surface area contributed by atoms with Gasteiger partial charge in [-0.05, 0) is 49.4 Å². The van der Waals surface area contributed by atoms with E-state index in [2.05, 4.69) is 24.0 Å². The van der Waals surface area contributed by atoms with Crippen molar-refractivity contribution in [3.8, 4) is 5.75 Å². The molecule has 4 heteroatoms. The van der Waals surface area contributed by atoms with Gasteiger partial charge in [0.25, 0.3) is 0 Å². The maximum atomic E-state index is 9.93. The van der Waals surface area contributed by atoms with Gasteiger partial charge in [-0.1, -0.05) is 37.3 Å². The molecule has 1 aromatic heterocycles. The molecule has 1 N–H and O–H groups in total. The Balaban J connectivity index is 1.67. The zero-order valence-corrected chi connectivity index (χ0v) is 13.0. The Morgan fingerprint density at radius 3 is 2.14 bits per heavy atom. The Morgan fingerprint density at radius 2 is 1.50 bits per heavy atom. The summed E-state index contributed by atoms with van der Waals surface area (Å²) in [7, 11) is 0. The molecule has 3 rings (SSSR count). The van der Waals surface area contributed by atoms with Crippen molar-refractivity contribution >= 4 is 11.0 Å².